The van der Waals surface area contributed by atoms with E-state index in [1.54, 1.807) is 6.08 Å². The average molecular weight is 233 g/mol. The van der Waals surface area contributed by atoms with E-state index in [0.717, 1.165) is 5.56 Å². The van der Waals surface area contributed by atoms with E-state index in [-0.39, 0.29) is 6.04 Å². The fourth-order valence-electron chi connectivity index (χ4n) is 1.88. The van der Waals surface area contributed by atoms with Gasteiger partial charge in [0, 0.05) is 6.08 Å². The molecule has 1 aromatic carbocycles. The van der Waals surface area contributed by atoms with Gasteiger partial charge in [-0.05, 0) is 39.1 Å². The summed E-state index contributed by atoms with van der Waals surface area (Å²) in [4.78, 5) is 12.6. The van der Waals surface area contributed by atoms with E-state index in [1.165, 1.54) is 17.2 Å². The molecule has 3 nitrogen and oxygen atoms in total. The molecule has 0 aliphatic rings. The summed E-state index contributed by atoms with van der Waals surface area (Å²) >= 11 is 0. The Morgan fingerprint density at radius 3 is 2.47 bits per heavy atom. The molecule has 92 valence electrons. The van der Waals surface area contributed by atoms with Crippen LogP contribution in [0.5, 0.6) is 0 Å². The van der Waals surface area contributed by atoms with Gasteiger partial charge in [0.05, 0.1) is 6.04 Å². The lowest BCUT2D eigenvalue weighted by molar-refractivity contribution is -0.131. The molecule has 0 amide bonds. The summed E-state index contributed by atoms with van der Waals surface area (Å²) in [5.41, 5.74) is 3.53. The molecule has 3 heteroatoms. The highest BCUT2D eigenvalue weighted by Gasteiger charge is 2.13. The van der Waals surface area contributed by atoms with Gasteiger partial charge in [-0.3, -0.25) is 4.90 Å². The second-order valence-electron chi connectivity index (χ2n) is 4.47. The number of hydrogen-bond donors (Lipinski definition) is 1. The molecular weight excluding hydrogens is 214 g/mol. The highest BCUT2D eigenvalue weighted by Crippen LogP contribution is 2.23. The van der Waals surface area contributed by atoms with Crippen molar-refractivity contribution in [3.05, 3.63) is 47.0 Å². The minimum Gasteiger partial charge on any atom is -0.478 e. The third-order valence-corrected chi connectivity index (χ3v) is 2.72. The van der Waals surface area contributed by atoms with E-state index in [1.807, 2.05) is 32.0 Å². The van der Waals surface area contributed by atoms with Crippen LogP contribution < -0.4 is 0 Å². The van der Waals surface area contributed by atoms with E-state index >= 15 is 0 Å². The van der Waals surface area contributed by atoms with Crippen LogP contribution in [-0.4, -0.2) is 30.1 Å². The van der Waals surface area contributed by atoms with Crippen LogP contribution in [0.4, 0.5) is 0 Å². The number of nitrogens with zero attached hydrogens (tertiary/aromatic N) is 1. The maximum Gasteiger partial charge on any atom is 0.328 e. The largest absolute Gasteiger partial charge is 0.478 e. The zero-order valence-corrected chi connectivity index (χ0v) is 10.8. The number of aryl methyl sites for hydroxylation is 2. The highest BCUT2D eigenvalue weighted by atomic mass is 16.4. The first-order valence-corrected chi connectivity index (χ1v) is 5.56. The molecule has 0 bridgehead atoms. The summed E-state index contributed by atoms with van der Waals surface area (Å²) in [7, 11) is 3.88. The van der Waals surface area contributed by atoms with E-state index in [0.29, 0.717) is 0 Å². The van der Waals surface area contributed by atoms with Crippen molar-refractivity contribution in [3.8, 4) is 0 Å². The molecule has 0 saturated heterocycles. The molecule has 1 rings (SSSR count). The van der Waals surface area contributed by atoms with Crippen molar-refractivity contribution < 1.29 is 9.90 Å². The molecule has 0 spiro atoms. The van der Waals surface area contributed by atoms with Crippen LogP contribution in [0.2, 0.25) is 0 Å². The van der Waals surface area contributed by atoms with Crippen molar-refractivity contribution >= 4 is 5.97 Å². The molecule has 0 aliphatic carbocycles. The molecule has 0 aromatic heterocycles. The SMILES string of the molecule is Cc1ccc(C(/C=C/C(=O)O)N(C)C)c(C)c1. The van der Waals surface area contributed by atoms with E-state index in [4.69, 9.17) is 5.11 Å². The van der Waals surface area contributed by atoms with Gasteiger partial charge in [0.1, 0.15) is 0 Å². The van der Waals surface area contributed by atoms with Crippen molar-refractivity contribution in [1.82, 2.24) is 4.90 Å². The van der Waals surface area contributed by atoms with Gasteiger partial charge in [-0.2, -0.15) is 0 Å². The van der Waals surface area contributed by atoms with Crippen molar-refractivity contribution in [3.63, 3.8) is 0 Å². The Balaban J connectivity index is 3.10. The van der Waals surface area contributed by atoms with Gasteiger partial charge in [-0.15, -0.1) is 0 Å². The Morgan fingerprint density at radius 2 is 2.00 bits per heavy atom. The maximum atomic E-state index is 10.6. The summed E-state index contributed by atoms with van der Waals surface area (Å²) < 4.78 is 0. The van der Waals surface area contributed by atoms with Crippen molar-refractivity contribution in [2.24, 2.45) is 0 Å². The number of benzene rings is 1. The molecular formula is C14H19NO2. The fourth-order valence-corrected chi connectivity index (χ4v) is 1.88. The Labute approximate surface area is 102 Å². The van der Waals surface area contributed by atoms with Gasteiger partial charge in [0.15, 0.2) is 0 Å². The van der Waals surface area contributed by atoms with Gasteiger partial charge in [0.25, 0.3) is 0 Å². The first-order valence-electron chi connectivity index (χ1n) is 5.56. The van der Waals surface area contributed by atoms with Crippen LogP contribution >= 0.6 is 0 Å². The van der Waals surface area contributed by atoms with E-state index in [2.05, 4.69) is 19.1 Å². The van der Waals surface area contributed by atoms with Crippen molar-refractivity contribution in [2.45, 2.75) is 19.9 Å². The van der Waals surface area contributed by atoms with E-state index < -0.39 is 5.97 Å². The second kappa shape index (κ2) is 5.64. The molecule has 1 aromatic rings. The predicted molar refractivity (Wildman–Crippen MR) is 69.1 cm³/mol. The standard InChI is InChI=1S/C14H19NO2/c1-10-5-6-12(11(2)9-10)13(15(3)4)7-8-14(16)17/h5-9,13H,1-4H3,(H,16,17)/b8-7+. The monoisotopic (exact) mass is 233 g/mol. The van der Waals surface area contributed by atoms with Crippen LogP contribution in [0, 0.1) is 13.8 Å². The maximum absolute atomic E-state index is 10.6. The Kier molecular flexibility index (Phi) is 4.46. The second-order valence-corrected chi connectivity index (χ2v) is 4.47. The minimum absolute atomic E-state index is 0.00769. The van der Waals surface area contributed by atoms with Crippen LogP contribution in [-0.2, 0) is 4.79 Å². The number of carbonyl (C=O) groups is 1. The number of likely N-dealkylation sites (N-methyl/N-ethyl adjacent to an activating group) is 1. The lowest BCUT2D eigenvalue weighted by atomic mass is 9.98. The van der Waals surface area contributed by atoms with Crippen LogP contribution in [0.3, 0.4) is 0 Å². The zero-order chi connectivity index (χ0) is 13.0. The fraction of sp³-hybridized carbons (Fsp3) is 0.357. The lowest BCUT2D eigenvalue weighted by Crippen LogP contribution is -2.19. The molecule has 0 fully saturated rings. The number of carboxylic acid groups (broad SMARTS) is 1. The van der Waals surface area contributed by atoms with E-state index in [9.17, 15) is 4.79 Å². The molecule has 0 heterocycles. The van der Waals surface area contributed by atoms with Gasteiger partial charge < -0.3 is 5.11 Å². The molecule has 0 radical (unpaired) electrons. The van der Waals surface area contributed by atoms with Crippen LogP contribution in [0.25, 0.3) is 0 Å². The van der Waals surface area contributed by atoms with Crippen molar-refractivity contribution in [1.29, 1.82) is 0 Å². The van der Waals surface area contributed by atoms with Crippen LogP contribution in [0.15, 0.2) is 30.4 Å². The molecule has 1 N–H and O–H groups in total. The summed E-state index contributed by atoms with van der Waals surface area (Å²) in [5.74, 6) is -0.915. The quantitative estimate of drug-likeness (QED) is 0.812. The topological polar surface area (TPSA) is 40.5 Å². The Morgan fingerprint density at radius 1 is 1.35 bits per heavy atom. The van der Waals surface area contributed by atoms with Gasteiger partial charge in [-0.25, -0.2) is 4.79 Å². The summed E-state index contributed by atoms with van der Waals surface area (Å²) in [5, 5.41) is 8.70. The highest BCUT2D eigenvalue weighted by molar-refractivity contribution is 5.79. The first-order chi connectivity index (χ1) is 7.91. The number of carboxylic acids is 1. The number of hydrogen-bond acceptors (Lipinski definition) is 2. The third kappa shape index (κ3) is 3.71. The molecule has 0 saturated carbocycles. The smallest absolute Gasteiger partial charge is 0.328 e. The van der Waals surface area contributed by atoms with Crippen LogP contribution in [0.1, 0.15) is 22.7 Å². The summed E-state index contributed by atoms with van der Waals surface area (Å²) in [6.45, 7) is 4.10. The molecule has 0 aliphatic heterocycles. The lowest BCUT2D eigenvalue weighted by Gasteiger charge is -2.23. The first kappa shape index (κ1) is 13.5. The molecule has 17 heavy (non-hydrogen) atoms. The Hall–Kier alpha value is -1.61. The molecule has 1 atom stereocenters. The van der Waals surface area contributed by atoms with Gasteiger partial charge in [0.2, 0.25) is 0 Å². The summed E-state index contributed by atoms with van der Waals surface area (Å²) in [6.07, 6.45) is 2.91. The predicted octanol–water partition coefficient (Wildman–Crippen LogP) is 2.55. The zero-order valence-electron chi connectivity index (χ0n) is 10.8. The average Bonchev–Trinajstić information content (AvgIpc) is 2.20. The van der Waals surface area contributed by atoms with Gasteiger partial charge >= 0.3 is 5.97 Å². The minimum atomic E-state index is -0.915. The number of rotatable bonds is 4. The van der Waals surface area contributed by atoms with Crippen molar-refractivity contribution in [2.75, 3.05) is 14.1 Å². The normalized spacial score (nSPS) is 13.2. The molecule has 1 unspecified atom stereocenters. The third-order valence-electron chi connectivity index (χ3n) is 2.72. The Bertz CT molecular complexity index is 436. The number of aliphatic carboxylic acids is 1. The van der Waals surface area contributed by atoms with Gasteiger partial charge in [-0.1, -0.05) is 29.8 Å². The summed E-state index contributed by atoms with van der Waals surface area (Å²) in [6, 6.07) is 6.21.